The number of hydrogen-bond acceptors (Lipinski definition) is 2. The molecule has 1 aromatic carbocycles. The van der Waals surface area contributed by atoms with Gasteiger partial charge in [-0.05, 0) is 39.2 Å². The second kappa shape index (κ2) is 6.55. The van der Waals surface area contributed by atoms with Gasteiger partial charge in [-0.2, -0.15) is 0 Å². The summed E-state index contributed by atoms with van der Waals surface area (Å²) < 4.78 is 0. The average Bonchev–Trinajstić information content (AvgIpc) is 2.26. The normalized spacial score (nSPS) is 13.1. The van der Waals surface area contributed by atoms with Gasteiger partial charge in [-0.1, -0.05) is 30.3 Å². The minimum Gasteiger partial charge on any atom is -0.351 e. The minimum absolute atomic E-state index is 0.0306. The number of carbonyl (C=O) groups excluding carboxylic acids is 1. The molecule has 1 aromatic rings. The summed E-state index contributed by atoms with van der Waals surface area (Å²) in [5, 5.41) is 3.04. The summed E-state index contributed by atoms with van der Waals surface area (Å²) in [6.45, 7) is 5.95. The first-order valence-corrected chi connectivity index (χ1v) is 6.49. The van der Waals surface area contributed by atoms with E-state index >= 15 is 0 Å². The van der Waals surface area contributed by atoms with Gasteiger partial charge in [0.15, 0.2) is 0 Å². The van der Waals surface area contributed by atoms with Crippen molar-refractivity contribution in [3.63, 3.8) is 0 Å². The summed E-state index contributed by atoms with van der Waals surface area (Å²) >= 11 is 0. The highest BCUT2D eigenvalue weighted by atomic mass is 16.1. The van der Waals surface area contributed by atoms with E-state index in [-0.39, 0.29) is 17.5 Å². The lowest BCUT2D eigenvalue weighted by Crippen LogP contribution is -2.45. The van der Waals surface area contributed by atoms with Crippen LogP contribution in [0.4, 0.5) is 0 Å². The van der Waals surface area contributed by atoms with E-state index in [1.165, 1.54) is 5.56 Å². The van der Waals surface area contributed by atoms with Gasteiger partial charge in [0.1, 0.15) is 0 Å². The van der Waals surface area contributed by atoms with Gasteiger partial charge < -0.3 is 11.1 Å². The molecule has 18 heavy (non-hydrogen) atoms. The molecule has 0 fully saturated rings. The van der Waals surface area contributed by atoms with Gasteiger partial charge in [0.05, 0.1) is 0 Å². The fourth-order valence-corrected chi connectivity index (χ4v) is 1.88. The first-order valence-electron chi connectivity index (χ1n) is 6.49. The van der Waals surface area contributed by atoms with Crippen molar-refractivity contribution < 1.29 is 4.79 Å². The Morgan fingerprint density at radius 1 is 1.33 bits per heavy atom. The van der Waals surface area contributed by atoms with Crippen molar-refractivity contribution in [3.05, 3.63) is 35.9 Å². The van der Waals surface area contributed by atoms with Crippen LogP contribution < -0.4 is 11.1 Å². The third-order valence-electron chi connectivity index (χ3n) is 2.87. The van der Waals surface area contributed by atoms with Crippen LogP contribution in [0.25, 0.3) is 0 Å². The first kappa shape index (κ1) is 14.7. The van der Waals surface area contributed by atoms with E-state index in [2.05, 4.69) is 31.3 Å². The Bertz CT molecular complexity index is 371. The summed E-state index contributed by atoms with van der Waals surface area (Å²) in [5.41, 5.74) is 6.72. The van der Waals surface area contributed by atoms with Gasteiger partial charge in [-0.25, -0.2) is 0 Å². The maximum Gasteiger partial charge on any atom is 0.221 e. The third-order valence-corrected chi connectivity index (χ3v) is 2.87. The summed E-state index contributed by atoms with van der Waals surface area (Å²) in [6, 6.07) is 10.2. The van der Waals surface area contributed by atoms with Crippen LogP contribution in [0.1, 0.15) is 39.2 Å². The van der Waals surface area contributed by atoms with E-state index in [0.29, 0.717) is 6.42 Å². The highest BCUT2D eigenvalue weighted by molar-refractivity contribution is 5.77. The predicted octanol–water partition coefficient (Wildman–Crippen LogP) is 2.25. The fourth-order valence-electron chi connectivity index (χ4n) is 1.88. The number of carbonyl (C=O) groups is 1. The van der Waals surface area contributed by atoms with Crippen LogP contribution in [-0.2, 0) is 11.2 Å². The Balaban J connectivity index is 2.42. The van der Waals surface area contributed by atoms with Crippen LogP contribution >= 0.6 is 0 Å². The van der Waals surface area contributed by atoms with Gasteiger partial charge in [-0.3, -0.25) is 4.79 Å². The van der Waals surface area contributed by atoms with Gasteiger partial charge in [-0.15, -0.1) is 0 Å². The first-order chi connectivity index (χ1) is 8.39. The van der Waals surface area contributed by atoms with Gasteiger partial charge in [0, 0.05) is 18.0 Å². The van der Waals surface area contributed by atoms with Crippen LogP contribution in [-0.4, -0.2) is 17.5 Å². The molecule has 3 N–H and O–H groups in total. The van der Waals surface area contributed by atoms with Crippen molar-refractivity contribution in [1.29, 1.82) is 0 Å². The van der Waals surface area contributed by atoms with Crippen LogP contribution in [0.2, 0.25) is 0 Å². The van der Waals surface area contributed by atoms with E-state index in [1.54, 1.807) is 0 Å². The molecule has 100 valence electrons. The van der Waals surface area contributed by atoms with Gasteiger partial charge in [0.2, 0.25) is 5.91 Å². The Hall–Kier alpha value is -1.35. The molecule has 1 atom stereocenters. The summed E-state index contributed by atoms with van der Waals surface area (Å²) in [7, 11) is 0. The summed E-state index contributed by atoms with van der Waals surface area (Å²) in [4.78, 5) is 11.7. The van der Waals surface area contributed by atoms with Crippen LogP contribution in [0, 0.1) is 0 Å². The number of nitrogens with two attached hydrogens (primary N) is 1. The molecule has 0 saturated carbocycles. The smallest absolute Gasteiger partial charge is 0.221 e. The highest BCUT2D eigenvalue weighted by Crippen LogP contribution is 2.13. The minimum atomic E-state index is -0.193. The van der Waals surface area contributed by atoms with Crippen molar-refractivity contribution in [2.45, 2.75) is 51.6 Å². The van der Waals surface area contributed by atoms with E-state index in [9.17, 15) is 4.79 Å². The number of rotatable bonds is 6. The predicted molar refractivity (Wildman–Crippen MR) is 75.3 cm³/mol. The standard InChI is InChI=1S/C15H24N2O/c1-12(16)11-14(18)17-15(2,3)10-9-13-7-5-4-6-8-13/h4-8,12H,9-11,16H2,1-3H3,(H,17,18). The monoisotopic (exact) mass is 248 g/mol. The second-order valence-electron chi connectivity index (χ2n) is 5.60. The van der Waals surface area contributed by atoms with E-state index in [4.69, 9.17) is 5.73 Å². The van der Waals surface area contributed by atoms with E-state index < -0.39 is 0 Å². The zero-order chi connectivity index (χ0) is 13.6. The molecule has 0 aromatic heterocycles. The molecular weight excluding hydrogens is 224 g/mol. The zero-order valence-electron chi connectivity index (χ0n) is 11.6. The molecule has 0 aliphatic carbocycles. The Morgan fingerprint density at radius 2 is 1.94 bits per heavy atom. The zero-order valence-corrected chi connectivity index (χ0v) is 11.6. The van der Waals surface area contributed by atoms with Crippen molar-refractivity contribution in [3.8, 4) is 0 Å². The summed E-state index contributed by atoms with van der Waals surface area (Å²) in [6.07, 6.45) is 2.27. The van der Waals surface area contributed by atoms with Crippen LogP contribution in [0.15, 0.2) is 30.3 Å². The molecule has 0 radical (unpaired) electrons. The lowest BCUT2D eigenvalue weighted by Gasteiger charge is -2.27. The molecule has 1 rings (SSSR count). The van der Waals surface area contributed by atoms with Crippen molar-refractivity contribution in [1.82, 2.24) is 5.32 Å². The topological polar surface area (TPSA) is 55.1 Å². The number of aryl methyl sites for hydroxylation is 1. The molecule has 0 heterocycles. The molecule has 3 heteroatoms. The van der Waals surface area contributed by atoms with E-state index in [0.717, 1.165) is 12.8 Å². The lowest BCUT2D eigenvalue weighted by atomic mass is 9.95. The lowest BCUT2D eigenvalue weighted by molar-refractivity contribution is -0.123. The SMILES string of the molecule is CC(N)CC(=O)NC(C)(C)CCc1ccccc1. The quantitative estimate of drug-likeness (QED) is 0.811. The Morgan fingerprint density at radius 3 is 2.50 bits per heavy atom. The summed E-state index contributed by atoms with van der Waals surface area (Å²) in [5.74, 6) is 0.0306. The average molecular weight is 248 g/mol. The molecule has 1 amide bonds. The Kier molecular flexibility index (Phi) is 5.35. The largest absolute Gasteiger partial charge is 0.351 e. The molecule has 1 unspecified atom stereocenters. The van der Waals surface area contributed by atoms with Crippen LogP contribution in [0.3, 0.4) is 0 Å². The molecule has 0 saturated heterocycles. The molecule has 3 nitrogen and oxygen atoms in total. The van der Waals surface area contributed by atoms with Gasteiger partial charge >= 0.3 is 0 Å². The number of amides is 1. The number of hydrogen-bond donors (Lipinski definition) is 2. The molecule has 0 bridgehead atoms. The van der Waals surface area contributed by atoms with Crippen molar-refractivity contribution >= 4 is 5.91 Å². The maximum absolute atomic E-state index is 11.7. The molecule has 0 aliphatic heterocycles. The van der Waals surface area contributed by atoms with Crippen LogP contribution in [0.5, 0.6) is 0 Å². The number of nitrogens with one attached hydrogen (secondary N) is 1. The molecule has 0 aliphatic rings. The third kappa shape index (κ3) is 5.82. The Labute approximate surface area is 110 Å². The van der Waals surface area contributed by atoms with Crippen molar-refractivity contribution in [2.24, 2.45) is 5.73 Å². The maximum atomic E-state index is 11.7. The molecular formula is C15H24N2O. The van der Waals surface area contributed by atoms with Crippen molar-refractivity contribution in [2.75, 3.05) is 0 Å². The highest BCUT2D eigenvalue weighted by Gasteiger charge is 2.20. The number of benzene rings is 1. The fraction of sp³-hybridized carbons (Fsp3) is 0.533. The molecule has 0 spiro atoms. The second-order valence-corrected chi connectivity index (χ2v) is 5.60. The van der Waals surface area contributed by atoms with Gasteiger partial charge in [0.25, 0.3) is 0 Å². The van der Waals surface area contributed by atoms with E-state index in [1.807, 2.05) is 25.1 Å².